The zero-order valence-corrected chi connectivity index (χ0v) is 12.4. The highest BCUT2D eigenvalue weighted by Gasteiger charge is 2.22. The monoisotopic (exact) mass is 315 g/mol. The maximum atomic E-state index is 11.2. The Bertz CT molecular complexity index is 705. The zero-order valence-electron chi connectivity index (χ0n) is 11.6. The molecule has 0 saturated carbocycles. The van der Waals surface area contributed by atoms with Gasteiger partial charge < -0.3 is 9.32 Å². The van der Waals surface area contributed by atoms with E-state index in [0.717, 1.165) is 10.6 Å². The van der Waals surface area contributed by atoms with Crippen molar-refractivity contribution in [3.05, 3.63) is 75.0 Å². The van der Waals surface area contributed by atoms with Crippen LogP contribution in [0.3, 0.4) is 0 Å². The predicted molar refractivity (Wildman–Crippen MR) is 83.8 cm³/mol. The van der Waals surface area contributed by atoms with Gasteiger partial charge in [0.05, 0.1) is 24.3 Å². The van der Waals surface area contributed by atoms with Crippen LogP contribution in [-0.2, 0) is 13.1 Å². The fourth-order valence-corrected chi connectivity index (χ4v) is 2.88. The lowest BCUT2D eigenvalue weighted by Gasteiger charge is -2.21. The molecule has 0 aliphatic carbocycles. The summed E-state index contributed by atoms with van der Waals surface area (Å²) in [4.78, 5) is 18.0. The Morgan fingerprint density at radius 1 is 1.23 bits per heavy atom. The molecule has 0 aromatic carbocycles. The Morgan fingerprint density at radius 3 is 2.82 bits per heavy atom. The number of nitrogens with zero attached hydrogens (tertiary/aromatic N) is 3. The van der Waals surface area contributed by atoms with Gasteiger partial charge in [0.1, 0.15) is 5.76 Å². The molecule has 0 bridgehead atoms. The molecular formula is C15H13N3O3S. The first-order valence-electron chi connectivity index (χ1n) is 6.63. The summed E-state index contributed by atoms with van der Waals surface area (Å²) < 4.78 is 5.37. The Balaban J connectivity index is 1.95. The van der Waals surface area contributed by atoms with Gasteiger partial charge in [0.2, 0.25) is 5.82 Å². The number of rotatable bonds is 6. The summed E-state index contributed by atoms with van der Waals surface area (Å²) in [5.74, 6) is 1.08. The Labute approximate surface area is 130 Å². The van der Waals surface area contributed by atoms with Crippen LogP contribution in [-0.4, -0.2) is 9.91 Å². The van der Waals surface area contributed by atoms with Crippen LogP contribution >= 0.6 is 11.3 Å². The summed E-state index contributed by atoms with van der Waals surface area (Å²) in [5, 5.41) is 13.2. The molecule has 0 spiro atoms. The number of aromatic nitrogens is 1. The number of hydrogen-bond acceptors (Lipinski definition) is 6. The lowest BCUT2D eigenvalue weighted by atomic mass is 10.3. The number of anilines is 1. The first kappa shape index (κ1) is 14.3. The molecule has 0 atom stereocenters. The van der Waals surface area contributed by atoms with E-state index in [2.05, 4.69) is 4.98 Å². The molecule has 3 aromatic heterocycles. The molecule has 7 heteroatoms. The molecule has 3 heterocycles. The molecule has 0 aliphatic heterocycles. The molecule has 112 valence electrons. The van der Waals surface area contributed by atoms with Crippen molar-refractivity contribution in [2.24, 2.45) is 0 Å². The average molecular weight is 315 g/mol. The van der Waals surface area contributed by atoms with E-state index < -0.39 is 4.92 Å². The molecule has 3 rings (SSSR count). The maximum absolute atomic E-state index is 11.2. The molecule has 0 saturated heterocycles. The highest BCUT2D eigenvalue weighted by molar-refractivity contribution is 7.09. The van der Waals surface area contributed by atoms with E-state index in [9.17, 15) is 10.1 Å². The summed E-state index contributed by atoms with van der Waals surface area (Å²) >= 11 is 1.60. The van der Waals surface area contributed by atoms with E-state index in [4.69, 9.17) is 4.42 Å². The fourth-order valence-electron chi connectivity index (χ4n) is 2.16. The topological polar surface area (TPSA) is 72.4 Å². The summed E-state index contributed by atoms with van der Waals surface area (Å²) in [6.07, 6.45) is 3.15. The van der Waals surface area contributed by atoms with Crippen molar-refractivity contribution in [3.8, 4) is 0 Å². The third-order valence-electron chi connectivity index (χ3n) is 3.12. The molecule has 22 heavy (non-hydrogen) atoms. The van der Waals surface area contributed by atoms with Crippen molar-refractivity contribution < 1.29 is 9.34 Å². The van der Waals surface area contributed by atoms with Gasteiger partial charge in [-0.2, -0.15) is 0 Å². The molecular weight excluding hydrogens is 302 g/mol. The van der Waals surface area contributed by atoms with Crippen molar-refractivity contribution >= 4 is 22.8 Å². The highest BCUT2D eigenvalue weighted by atomic mass is 32.1. The van der Waals surface area contributed by atoms with Gasteiger partial charge in [-0.05, 0) is 29.6 Å². The van der Waals surface area contributed by atoms with Crippen molar-refractivity contribution in [3.63, 3.8) is 0 Å². The number of thiophene rings is 1. The van der Waals surface area contributed by atoms with Crippen molar-refractivity contribution in [1.82, 2.24) is 4.98 Å². The van der Waals surface area contributed by atoms with E-state index in [0.29, 0.717) is 18.9 Å². The lowest BCUT2D eigenvalue weighted by molar-refractivity contribution is -0.384. The van der Waals surface area contributed by atoms with Gasteiger partial charge in [0, 0.05) is 17.1 Å². The largest absolute Gasteiger partial charge is 0.467 e. The van der Waals surface area contributed by atoms with Gasteiger partial charge in [0.15, 0.2) is 0 Å². The normalized spacial score (nSPS) is 10.5. The Hall–Kier alpha value is -2.67. The van der Waals surface area contributed by atoms with Gasteiger partial charge in [-0.25, -0.2) is 4.98 Å². The van der Waals surface area contributed by atoms with E-state index in [-0.39, 0.29) is 5.69 Å². The molecule has 0 fully saturated rings. The van der Waals surface area contributed by atoms with E-state index in [1.165, 1.54) is 6.07 Å². The number of furan rings is 1. The van der Waals surface area contributed by atoms with Crippen molar-refractivity contribution in [2.45, 2.75) is 13.1 Å². The average Bonchev–Trinajstić information content (AvgIpc) is 3.20. The van der Waals surface area contributed by atoms with Crippen LogP contribution in [0.25, 0.3) is 0 Å². The Kier molecular flexibility index (Phi) is 4.15. The number of hydrogen-bond donors (Lipinski definition) is 0. The van der Waals surface area contributed by atoms with E-state index in [1.807, 2.05) is 28.5 Å². The summed E-state index contributed by atoms with van der Waals surface area (Å²) in [6.45, 7) is 0.957. The minimum Gasteiger partial charge on any atom is -0.467 e. The SMILES string of the molecule is O=[N+]([O-])c1cccnc1N(Cc1ccco1)Cc1cccs1. The van der Waals surface area contributed by atoms with Gasteiger partial charge in [-0.1, -0.05) is 6.07 Å². The van der Waals surface area contributed by atoms with Crippen LogP contribution in [0.2, 0.25) is 0 Å². The zero-order chi connectivity index (χ0) is 15.4. The van der Waals surface area contributed by atoms with Crippen LogP contribution in [0.1, 0.15) is 10.6 Å². The first-order chi connectivity index (χ1) is 10.7. The maximum Gasteiger partial charge on any atom is 0.311 e. The van der Waals surface area contributed by atoms with Gasteiger partial charge in [-0.3, -0.25) is 10.1 Å². The van der Waals surface area contributed by atoms with Gasteiger partial charge in [0.25, 0.3) is 0 Å². The quantitative estimate of drug-likeness (QED) is 0.510. The standard InChI is InChI=1S/C15H13N3O3S/c19-18(20)14-6-1-7-16-15(14)17(10-12-4-2-8-21-12)11-13-5-3-9-22-13/h1-9H,10-11H2. The summed E-state index contributed by atoms with van der Waals surface area (Å²) in [6, 6.07) is 10.6. The van der Waals surface area contributed by atoms with Crippen LogP contribution in [0.5, 0.6) is 0 Å². The Morgan fingerprint density at radius 2 is 2.14 bits per heavy atom. The second-order valence-electron chi connectivity index (χ2n) is 4.62. The highest BCUT2D eigenvalue weighted by Crippen LogP contribution is 2.28. The molecule has 6 nitrogen and oxygen atoms in total. The third-order valence-corrected chi connectivity index (χ3v) is 3.98. The molecule has 0 radical (unpaired) electrons. The number of nitro groups is 1. The second-order valence-corrected chi connectivity index (χ2v) is 5.65. The predicted octanol–water partition coefficient (Wildman–Crippen LogP) is 3.85. The van der Waals surface area contributed by atoms with Gasteiger partial charge in [-0.15, -0.1) is 11.3 Å². The van der Waals surface area contributed by atoms with E-state index in [1.54, 1.807) is 35.9 Å². The van der Waals surface area contributed by atoms with Crippen LogP contribution < -0.4 is 4.90 Å². The first-order valence-corrected chi connectivity index (χ1v) is 7.51. The third kappa shape index (κ3) is 3.15. The summed E-state index contributed by atoms with van der Waals surface area (Å²) in [7, 11) is 0. The minimum atomic E-state index is -0.411. The lowest BCUT2D eigenvalue weighted by Crippen LogP contribution is -2.23. The fraction of sp³-hybridized carbons (Fsp3) is 0.133. The van der Waals surface area contributed by atoms with Crippen LogP contribution in [0, 0.1) is 10.1 Å². The van der Waals surface area contributed by atoms with Gasteiger partial charge >= 0.3 is 5.69 Å². The van der Waals surface area contributed by atoms with Crippen LogP contribution in [0.15, 0.2) is 58.7 Å². The molecule has 3 aromatic rings. The van der Waals surface area contributed by atoms with Crippen LogP contribution in [0.4, 0.5) is 11.5 Å². The van der Waals surface area contributed by atoms with Crippen molar-refractivity contribution in [1.29, 1.82) is 0 Å². The molecule has 0 amide bonds. The molecule has 0 N–H and O–H groups in total. The minimum absolute atomic E-state index is 0.00869. The van der Waals surface area contributed by atoms with E-state index >= 15 is 0 Å². The smallest absolute Gasteiger partial charge is 0.311 e. The molecule has 0 unspecified atom stereocenters. The summed E-state index contributed by atoms with van der Waals surface area (Å²) in [5.41, 5.74) is -0.00869. The number of pyridine rings is 1. The molecule has 0 aliphatic rings. The second kappa shape index (κ2) is 6.40. The van der Waals surface area contributed by atoms with Crippen molar-refractivity contribution in [2.75, 3.05) is 4.90 Å².